The lowest BCUT2D eigenvalue weighted by Gasteiger charge is -2.37. The third kappa shape index (κ3) is 1.85. The minimum atomic E-state index is 0.442. The molecule has 3 heteroatoms. The molecular formula is C14H18N2O. The number of fused-ring (bicyclic) bond motifs is 1. The van der Waals surface area contributed by atoms with Gasteiger partial charge in [0.1, 0.15) is 5.58 Å². The average Bonchev–Trinajstić information content (AvgIpc) is 2.76. The monoisotopic (exact) mass is 230 g/mol. The van der Waals surface area contributed by atoms with Crippen LogP contribution in [0.3, 0.4) is 0 Å². The van der Waals surface area contributed by atoms with Gasteiger partial charge in [0.15, 0.2) is 0 Å². The number of nitrogens with zero attached hydrogens (tertiary/aromatic N) is 2. The fourth-order valence-electron chi connectivity index (χ4n) is 2.60. The molecule has 0 N–H and O–H groups in total. The van der Waals surface area contributed by atoms with Gasteiger partial charge in [0.25, 0.3) is 0 Å². The second kappa shape index (κ2) is 4.17. The van der Waals surface area contributed by atoms with Crippen molar-refractivity contribution in [3.8, 4) is 0 Å². The van der Waals surface area contributed by atoms with Gasteiger partial charge in [-0.2, -0.15) is 0 Å². The van der Waals surface area contributed by atoms with Gasteiger partial charge in [-0.3, -0.25) is 4.90 Å². The van der Waals surface area contributed by atoms with Crippen LogP contribution < -0.4 is 0 Å². The molecule has 1 saturated heterocycles. The Morgan fingerprint density at radius 3 is 2.88 bits per heavy atom. The highest BCUT2D eigenvalue weighted by Crippen LogP contribution is 2.31. The fourth-order valence-corrected chi connectivity index (χ4v) is 2.60. The number of benzene rings is 1. The summed E-state index contributed by atoms with van der Waals surface area (Å²) in [5.74, 6) is 0. The summed E-state index contributed by atoms with van der Waals surface area (Å²) in [5, 5.41) is 1.25. The van der Waals surface area contributed by atoms with Crippen LogP contribution in [0.15, 0.2) is 34.9 Å². The Kier molecular flexibility index (Phi) is 2.65. The third-order valence-corrected chi connectivity index (χ3v) is 3.72. The Morgan fingerprint density at radius 1 is 1.18 bits per heavy atom. The summed E-state index contributed by atoms with van der Waals surface area (Å²) in [7, 11) is 4.38. The zero-order valence-electron chi connectivity index (χ0n) is 10.4. The molecule has 1 aromatic carbocycles. The van der Waals surface area contributed by atoms with E-state index in [9.17, 15) is 0 Å². The summed E-state index contributed by atoms with van der Waals surface area (Å²) < 4.78 is 5.64. The quantitative estimate of drug-likeness (QED) is 0.749. The Hall–Kier alpha value is -1.32. The standard InChI is InChI=1S/C14H18N2O/c1-15-7-8-16(2)13(9-15)12-10-17-14-6-4-3-5-11(12)14/h3-6,10,13H,7-9H2,1-2H3. The van der Waals surface area contributed by atoms with Gasteiger partial charge >= 0.3 is 0 Å². The number of piperazine rings is 1. The zero-order chi connectivity index (χ0) is 11.8. The summed E-state index contributed by atoms with van der Waals surface area (Å²) in [5.41, 5.74) is 2.30. The van der Waals surface area contributed by atoms with E-state index in [0.29, 0.717) is 6.04 Å². The highest BCUT2D eigenvalue weighted by molar-refractivity contribution is 5.81. The maximum Gasteiger partial charge on any atom is 0.134 e. The SMILES string of the molecule is CN1CCN(C)C(c2coc3ccccc23)C1. The van der Waals surface area contributed by atoms with E-state index >= 15 is 0 Å². The predicted molar refractivity (Wildman–Crippen MR) is 69.1 cm³/mol. The summed E-state index contributed by atoms with van der Waals surface area (Å²) >= 11 is 0. The Bertz CT molecular complexity index is 520. The van der Waals surface area contributed by atoms with Crippen LogP contribution in [0, 0.1) is 0 Å². The minimum absolute atomic E-state index is 0.442. The van der Waals surface area contributed by atoms with Gasteiger partial charge in [0.2, 0.25) is 0 Å². The van der Waals surface area contributed by atoms with Crippen LogP contribution in [0.4, 0.5) is 0 Å². The van der Waals surface area contributed by atoms with Gasteiger partial charge in [0.05, 0.1) is 12.3 Å². The number of para-hydroxylation sites is 1. The summed E-state index contributed by atoms with van der Waals surface area (Å²) in [6.45, 7) is 3.32. The van der Waals surface area contributed by atoms with E-state index in [2.05, 4.69) is 36.0 Å². The van der Waals surface area contributed by atoms with Gasteiger partial charge in [-0.1, -0.05) is 18.2 Å². The van der Waals surface area contributed by atoms with Crippen LogP contribution in [0.1, 0.15) is 11.6 Å². The molecule has 0 amide bonds. The molecular weight excluding hydrogens is 212 g/mol. The number of rotatable bonds is 1. The summed E-state index contributed by atoms with van der Waals surface area (Å²) in [4.78, 5) is 4.80. The Labute approximate surface area is 102 Å². The molecule has 2 heterocycles. The largest absolute Gasteiger partial charge is 0.464 e. The van der Waals surface area contributed by atoms with Crippen LogP contribution in [0.25, 0.3) is 11.0 Å². The zero-order valence-corrected chi connectivity index (χ0v) is 10.4. The first-order chi connectivity index (χ1) is 8.25. The molecule has 0 aliphatic carbocycles. The molecule has 1 atom stereocenters. The molecule has 1 aromatic heterocycles. The number of hydrogen-bond donors (Lipinski definition) is 0. The van der Waals surface area contributed by atoms with Crippen molar-refractivity contribution in [1.82, 2.24) is 9.80 Å². The Balaban J connectivity index is 2.02. The van der Waals surface area contributed by atoms with E-state index in [4.69, 9.17) is 4.42 Å². The highest BCUT2D eigenvalue weighted by atomic mass is 16.3. The minimum Gasteiger partial charge on any atom is -0.464 e. The molecule has 0 saturated carbocycles. The predicted octanol–water partition coefficient (Wildman–Crippen LogP) is 2.35. The van der Waals surface area contributed by atoms with E-state index in [1.807, 2.05) is 18.4 Å². The van der Waals surface area contributed by atoms with Gasteiger partial charge in [-0.25, -0.2) is 0 Å². The van der Waals surface area contributed by atoms with Crippen molar-refractivity contribution < 1.29 is 4.42 Å². The van der Waals surface area contributed by atoms with Gasteiger partial charge in [-0.15, -0.1) is 0 Å². The van der Waals surface area contributed by atoms with Crippen LogP contribution in [-0.4, -0.2) is 43.5 Å². The van der Waals surface area contributed by atoms with Gasteiger partial charge in [-0.05, 0) is 20.2 Å². The van der Waals surface area contributed by atoms with Crippen molar-refractivity contribution in [3.63, 3.8) is 0 Å². The molecule has 3 rings (SSSR count). The average molecular weight is 230 g/mol. The fraction of sp³-hybridized carbons (Fsp3) is 0.429. The molecule has 17 heavy (non-hydrogen) atoms. The number of hydrogen-bond acceptors (Lipinski definition) is 3. The Morgan fingerprint density at radius 2 is 2.00 bits per heavy atom. The summed E-state index contributed by atoms with van der Waals surface area (Å²) in [6.07, 6.45) is 1.92. The molecule has 0 spiro atoms. The van der Waals surface area contributed by atoms with Crippen molar-refractivity contribution >= 4 is 11.0 Å². The molecule has 1 unspecified atom stereocenters. The van der Waals surface area contributed by atoms with Crippen LogP contribution in [-0.2, 0) is 0 Å². The summed E-state index contributed by atoms with van der Waals surface area (Å²) in [6, 6.07) is 8.72. The lowest BCUT2D eigenvalue weighted by molar-refractivity contribution is 0.115. The molecule has 3 nitrogen and oxygen atoms in total. The third-order valence-electron chi connectivity index (χ3n) is 3.72. The van der Waals surface area contributed by atoms with E-state index < -0.39 is 0 Å². The van der Waals surface area contributed by atoms with E-state index in [0.717, 1.165) is 25.2 Å². The van der Waals surface area contributed by atoms with Crippen molar-refractivity contribution in [1.29, 1.82) is 0 Å². The van der Waals surface area contributed by atoms with Crippen molar-refractivity contribution in [2.24, 2.45) is 0 Å². The van der Waals surface area contributed by atoms with Crippen LogP contribution in [0.2, 0.25) is 0 Å². The highest BCUT2D eigenvalue weighted by Gasteiger charge is 2.26. The topological polar surface area (TPSA) is 19.6 Å². The first kappa shape index (κ1) is 10.8. The van der Waals surface area contributed by atoms with Crippen LogP contribution >= 0.6 is 0 Å². The molecule has 2 aromatic rings. The maximum atomic E-state index is 5.64. The molecule has 90 valence electrons. The second-order valence-electron chi connectivity index (χ2n) is 4.95. The number of furan rings is 1. The lowest BCUT2D eigenvalue weighted by Crippen LogP contribution is -2.44. The lowest BCUT2D eigenvalue weighted by atomic mass is 10.0. The van der Waals surface area contributed by atoms with Gasteiger partial charge in [0, 0.05) is 30.6 Å². The van der Waals surface area contributed by atoms with Crippen LogP contribution in [0.5, 0.6) is 0 Å². The smallest absolute Gasteiger partial charge is 0.134 e. The van der Waals surface area contributed by atoms with E-state index in [1.54, 1.807) is 0 Å². The van der Waals surface area contributed by atoms with Crippen molar-refractivity contribution in [2.75, 3.05) is 33.7 Å². The first-order valence-corrected chi connectivity index (χ1v) is 6.10. The molecule has 0 radical (unpaired) electrons. The van der Waals surface area contributed by atoms with Crippen molar-refractivity contribution in [2.45, 2.75) is 6.04 Å². The molecule has 1 fully saturated rings. The second-order valence-corrected chi connectivity index (χ2v) is 4.95. The molecule has 1 aliphatic heterocycles. The normalized spacial score (nSPS) is 23.3. The number of likely N-dealkylation sites (N-methyl/N-ethyl adjacent to an activating group) is 2. The van der Waals surface area contributed by atoms with Crippen molar-refractivity contribution in [3.05, 3.63) is 36.1 Å². The van der Waals surface area contributed by atoms with E-state index in [1.165, 1.54) is 10.9 Å². The molecule has 1 aliphatic rings. The molecule has 0 bridgehead atoms. The first-order valence-electron chi connectivity index (χ1n) is 6.10. The van der Waals surface area contributed by atoms with Gasteiger partial charge < -0.3 is 9.32 Å². The van der Waals surface area contributed by atoms with E-state index in [-0.39, 0.29) is 0 Å². The maximum absolute atomic E-state index is 5.64.